The molecule has 2 fully saturated rings. The predicted molar refractivity (Wildman–Crippen MR) is 105 cm³/mol. The Bertz CT molecular complexity index is 612. The molecule has 0 radical (unpaired) electrons. The zero-order valence-electron chi connectivity index (χ0n) is 16.7. The van der Waals surface area contributed by atoms with Crippen LogP contribution in [0.25, 0.3) is 0 Å². The third-order valence-corrected chi connectivity index (χ3v) is 5.22. The van der Waals surface area contributed by atoms with Crippen LogP contribution in [0, 0.1) is 11.8 Å². The molecule has 0 saturated carbocycles. The van der Waals surface area contributed by atoms with Crippen LogP contribution >= 0.6 is 0 Å². The number of carbonyl (C=O) groups excluding carboxylic acids is 1. The van der Waals surface area contributed by atoms with Crippen molar-refractivity contribution >= 4 is 6.09 Å². The largest absolute Gasteiger partial charge is 0.443 e. The van der Waals surface area contributed by atoms with Gasteiger partial charge in [0, 0.05) is 6.54 Å². The molecule has 0 aromatic heterocycles. The number of fused-ring (bicyclic) bond motifs is 1. The van der Waals surface area contributed by atoms with Gasteiger partial charge in [0.2, 0.25) is 0 Å². The lowest BCUT2D eigenvalue weighted by Crippen LogP contribution is -2.50. The van der Waals surface area contributed by atoms with E-state index in [1.165, 1.54) is 0 Å². The van der Waals surface area contributed by atoms with Crippen LogP contribution in [0.1, 0.15) is 25.8 Å². The maximum absolute atomic E-state index is 12.5. The number of aliphatic hydroxyl groups excluding tert-OH is 1. The smallest absolute Gasteiger partial charge is 0.407 e. The fourth-order valence-electron chi connectivity index (χ4n) is 3.68. The average molecular weight is 392 g/mol. The third kappa shape index (κ3) is 5.91. The van der Waals surface area contributed by atoms with Gasteiger partial charge in [-0.05, 0) is 30.9 Å². The number of rotatable bonds is 9. The van der Waals surface area contributed by atoms with Gasteiger partial charge in [-0.25, -0.2) is 4.79 Å². The number of ether oxygens (including phenoxy) is 3. The van der Waals surface area contributed by atoms with Gasteiger partial charge in [-0.3, -0.25) is 0 Å². The molecule has 156 valence electrons. The van der Waals surface area contributed by atoms with Crippen LogP contribution in [-0.4, -0.2) is 62.0 Å². The Balaban J connectivity index is 1.56. The Labute approximate surface area is 166 Å². The molecule has 1 amide bonds. The summed E-state index contributed by atoms with van der Waals surface area (Å²) in [4.78, 5) is 12.5. The predicted octanol–water partition coefficient (Wildman–Crippen LogP) is 1.69. The molecule has 7 heteroatoms. The minimum atomic E-state index is -0.728. The van der Waals surface area contributed by atoms with Gasteiger partial charge in [0.25, 0.3) is 0 Å². The molecule has 0 bridgehead atoms. The maximum atomic E-state index is 12.5. The van der Waals surface area contributed by atoms with Gasteiger partial charge in [0.05, 0.1) is 31.3 Å². The van der Waals surface area contributed by atoms with Crippen LogP contribution in [0.15, 0.2) is 30.3 Å². The summed E-state index contributed by atoms with van der Waals surface area (Å²) in [7, 11) is 0. The van der Waals surface area contributed by atoms with Crippen molar-refractivity contribution in [1.82, 2.24) is 10.6 Å². The normalized spacial score (nSPS) is 26.1. The van der Waals surface area contributed by atoms with Crippen molar-refractivity contribution in [3.63, 3.8) is 0 Å². The van der Waals surface area contributed by atoms with Crippen LogP contribution in [0.3, 0.4) is 0 Å². The van der Waals surface area contributed by atoms with E-state index in [2.05, 4.69) is 24.5 Å². The second-order valence-electron chi connectivity index (χ2n) is 8.03. The van der Waals surface area contributed by atoms with Gasteiger partial charge < -0.3 is 30.0 Å². The number of alkyl carbamates (subject to hydrolysis) is 1. The molecule has 2 saturated heterocycles. The molecule has 3 N–H and O–H groups in total. The number of hydrogen-bond donors (Lipinski definition) is 3. The quantitative estimate of drug-likeness (QED) is 0.593. The summed E-state index contributed by atoms with van der Waals surface area (Å²) in [5.41, 5.74) is 1.05. The summed E-state index contributed by atoms with van der Waals surface area (Å²) in [5, 5.41) is 16.8. The second kappa shape index (κ2) is 10.2. The molecule has 3 rings (SSSR count). The molecule has 2 heterocycles. The number of hydrogen-bond acceptors (Lipinski definition) is 6. The Hall–Kier alpha value is -1.67. The van der Waals surface area contributed by atoms with E-state index in [9.17, 15) is 9.90 Å². The highest BCUT2D eigenvalue weighted by atomic mass is 16.7. The average Bonchev–Trinajstić information content (AvgIpc) is 3.27. The summed E-state index contributed by atoms with van der Waals surface area (Å²) in [6.45, 7) is 6.42. The fourth-order valence-corrected chi connectivity index (χ4v) is 3.68. The van der Waals surface area contributed by atoms with E-state index >= 15 is 0 Å². The van der Waals surface area contributed by atoms with Gasteiger partial charge in [-0.15, -0.1) is 0 Å². The van der Waals surface area contributed by atoms with Gasteiger partial charge in [-0.2, -0.15) is 0 Å². The molecule has 0 aliphatic carbocycles. The first kappa shape index (κ1) is 21.0. The molecule has 2 aliphatic heterocycles. The number of carbonyl (C=O) groups is 1. The van der Waals surface area contributed by atoms with Gasteiger partial charge in [-0.1, -0.05) is 44.2 Å². The first-order valence-corrected chi connectivity index (χ1v) is 10.2. The molecule has 2 aliphatic rings. The van der Waals surface area contributed by atoms with E-state index in [0.717, 1.165) is 18.5 Å². The highest BCUT2D eigenvalue weighted by molar-refractivity contribution is 5.68. The minimum absolute atomic E-state index is 0.0935. The first-order chi connectivity index (χ1) is 13.5. The van der Waals surface area contributed by atoms with Gasteiger partial charge >= 0.3 is 6.09 Å². The zero-order chi connectivity index (χ0) is 19.9. The van der Waals surface area contributed by atoms with Crippen molar-refractivity contribution in [2.24, 2.45) is 11.8 Å². The summed E-state index contributed by atoms with van der Waals surface area (Å²) < 4.78 is 16.6. The van der Waals surface area contributed by atoms with Gasteiger partial charge in [0.15, 0.2) is 6.29 Å². The molecule has 1 aromatic carbocycles. The zero-order valence-corrected chi connectivity index (χ0v) is 16.7. The van der Waals surface area contributed by atoms with Crippen LogP contribution in [0.5, 0.6) is 0 Å². The standard InChI is InChI=1S/C21H32N2O5/c1-14(2)11-22-12-18(24)17(10-15-6-4-3-5-7-15)23-21(25)28-19-13-27-20-16(19)8-9-26-20/h3-7,14,16-20,22,24H,8-13H2,1-2H3,(H,23,25)/t16-,17+,18-,19-,20+/m1/s1. The number of aliphatic hydroxyl groups is 1. The van der Waals surface area contributed by atoms with Crippen molar-refractivity contribution in [3.05, 3.63) is 35.9 Å². The van der Waals surface area contributed by atoms with Crippen molar-refractivity contribution < 1.29 is 24.1 Å². The van der Waals surface area contributed by atoms with E-state index < -0.39 is 18.2 Å². The summed E-state index contributed by atoms with van der Waals surface area (Å²) in [5.74, 6) is 0.581. The Kier molecular flexibility index (Phi) is 7.67. The number of benzene rings is 1. The molecule has 1 aromatic rings. The van der Waals surface area contributed by atoms with Crippen LogP contribution < -0.4 is 10.6 Å². The minimum Gasteiger partial charge on any atom is -0.443 e. The highest BCUT2D eigenvalue weighted by Crippen LogP contribution is 2.32. The summed E-state index contributed by atoms with van der Waals surface area (Å²) in [6.07, 6.45) is -0.460. The van der Waals surface area contributed by atoms with Crippen LogP contribution in [-0.2, 0) is 20.6 Å². The number of amides is 1. The van der Waals surface area contributed by atoms with E-state index in [0.29, 0.717) is 32.1 Å². The van der Waals surface area contributed by atoms with Gasteiger partial charge in [0.1, 0.15) is 6.10 Å². The van der Waals surface area contributed by atoms with E-state index in [1.54, 1.807) is 0 Å². The lowest BCUT2D eigenvalue weighted by atomic mass is 10.0. The van der Waals surface area contributed by atoms with Crippen molar-refractivity contribution in [2.45, 2.75) is 51.2 Å². The van der Waals surface area contributed by atoms with Crippen molar-refractivity contribution in [2.75, 3.05) is 26.3 Å². The monoisotopic (exact) mass is 392 g/mol. The molecule has 5 atom stereocenters. The molecular formula is C21H32N2O5. The summed E-state index contributed by atoms with van der Waals surface area (Å²) in [6, 6.07) is 9.36. The van der Waals surface area contributed by atoms with Crippen LogP contribution in [0.2, 0.25) is 0 Å². The highest BCUT2D eigenvalue weighted by Gasteiger charge is 2.44. The summed E-state index contributed by atoms with van der Waals surface area (Å²) >= 11 is 0. The lowest BCUT2D eigenvalue weighted by Gasteiger charge is -2.26. The van der Waals surface area contributed by atoms with E-state index in [1.807, 2.05) is 30.3 Å². The first-order valence-electron chi connectivity index (χ1n) is 10.2. The molecule has 0 spiro atoms. The topological polar surface area (TPSA) is 89.1 Å². The van der Waals surface area contributed by atoms with Crippen molar-refractivity contribution in [3.8, 4) is 0 Å². The maximum Gasteiger partial charge on any atom is 0.407 e. The SMILES string of the molecule is CC(C)CNC[C@@H](O)[C@H](Cc1ccccc1)NC(=O)O[C@@H]1CO[C@@H]2OCC[C@@H]21. The molecule has 28 heavy (non-hydrogen) atoms. The lowest BCUT2D eigenvalue weighted by molar-refractivity contribution is -0.0907. The van der Waals surface area contributed by atoms with Crippen LogP contribution in [0.4, 0.5) is 4.79 Å². The second-order valence-corrected chi connectivity index (χ2v) is 8.03. The molecule has 7 nitrogen and oxygen atoms in total. The van der Waals surface area contributed by atoms with E-state index in [-0.39, 0.29) is 18.3 Å². The molecular weight excluding hydrogens is 360 g/mol. The van der Waals surface area contributed by atoms with Crippen molar-refractivity contribution in [1.29, 1.82) is 0 Å². The Morgan fingerprint density at radius 2 is 2.04 bits per heavy atom. The Morgan fingerprint density at radius 3 is 2.79 bits per heavy atom. The number of nitrogens with one attached hydrogen (secondary N) is 2. The van der Waals surface area contributed by atoms with E-state index in [4.69, 9.17) is 14.2 Å². The Morgan fingerprint density at radius 1 is 1.25 bits per heavy atom. The fraction of sp³-hybridized carbons (Fsp3) is 0.667. The third-order valence-electron chi connectivity index (χ3n) is 5.22. The molecule has 0 unspecified atom stereocenters.